The minimum atomic E-state index is -0.421. The van der Waals surface area contributed by atoms with E-state index < -0.39 is 5.97 Å². The van der Waals surface area contributed by atoms with Crippen molar-refractivity contribution in [1.29, 1.82) is 0 Å². The number of methoxy groups -OCH3 is 1. The van der Waals surface area contributed by atoms with E-state index in [0.717, 1.165) is 5.56 Å². The van der Waals surface area contributed by atoms with Gasteiger partial charge in [0, 0.05) is 0 Å². The van der Waals surface area contributed by atoms with Gasteiger partial charge >= 0.3 is 5.97 Å². The van der Waals surface area contributed by atoms with Gasteiger partial charge < -0.3 is 9.64 Å². The molecule has 1 aromatic rings. The van der Waals surface area contributed by atoms with E-state index in [4.69, 9.17) is 0 Å². The number of rotatable bonds is 5. The molecule has 0 aliphatic carbocycles. The van der Waals surface area contributed by atoms with Crippen LogP contribution in [0.1, 0.15) is 18.5 Å². The summed E-state index contributed by atoms with van der Waals surface area (Å²) in [7, 11) is 1.30. The highest BCUT2D eigenvalue weighted by Crippen LogP contribution is 2.17. The molecule has 1 rings (SSSR count). The summed E-state index contributed by atoms with van der Waals surface area (Å²) in [6.45, 7) is 1.84. The average Bonchev–Trinajstić information content (AvgIpc) is 2.35. The summed E-state index contributed by atoms with van der Waals surface area (Å²) in [6, 6.07) is 9.39. The van der Waals surface area contributed by atoms with Crippen molar-refractivity contribution < 1.29 is 14.3 Å². The molecule has 0 fully saturated rings. The summed E-state index contributed by atoms with van der Waals surface area (Å²) in [6.07, 6.45) is 0.661. The Balaban J connectivity index is 2.73. The summed E-state index contributed by atoms with van der Waals surface area (Å²) >= 11 is 0. The molecule has 0 heterocycles. The molecule has 1 atom stereocenters. The van der Waals surface area contributed by atoms with Crippen molar-refractivity contribution in [3.05, 3.63) is 35.9 Å². The number of nitrogens with zero attached hydrogens (tertiary/aromatic N) is 1. The summed E-state index contributed by atoms with van der Waals surface area (Å²) < 4.78 is 4.53. The van der Waals surface area contributed by atoms with Gasteiger partial charge in [0.2, 0.25) is 6.41 Å². The third-order valence-corrected chi connectivity index (χ3v) is 2.45. The maximum absolute atomic E-state index is 11.1. The zero-order chi connectivity index (χ0) is 12.0. The summed E-state index contributed by atoms with van der Waals surface area (Å²) in [5.41, 5.74) is 0.985. The van der Waals surface area contributed by atoms with E-state index in [1.54, 1.807) is 0 Å². The van der Waals surface area contributed by atoms with Crippen LogP contribution in [0.3, 0.4) is 0 Å². The maximum atomic E-state index is 11.1. The maximum Gasteiger partial charge on any atom is 0.325 e. The highest BCUT2D eigenvalue weighted by atomic mass is 16.5. The van der Waals surface area contributed by atoms with Crippen molar-refractivity contribution >= 4 is 12.4 Å². The lowest BCUT2D eigenvalue weighted by atomic mass is 10.1. The third-order valence-electron chi connectivity index (χ3n) is 2.45. The van der Waals surface area contributed by atoms with Crippen molar-refractivity contribution in [2.24, 2.45) is 0 Å². The molecule has 16 heavy (non-hydrogen) atoms. The van der Waals surface area contributed by atoms with E-state index >= 15 is 0 Å². The lowest BCUT2D eigenvalue weighted by Crippen LogP contribution is -2.31. The Hall–Kier alpha value is -1.84. The van der Waals surface area contributed by atoms with Crippen molar-refractivity contribution in [2.75, 3.05) is 13.7 Å². The van der Waals surface area contributed by atoms with E-state index in [1.165, 1.54) is 12.0 Å². The largest absolute Gasteiger partial charge is 0.468 e. The standard InChI is InChI=1S/C12H15NO3/c1-10(11-6-4-3-5-7-11)13(9-14)8-12(15)16-2/h3-7,9-10H,8H2,1-2H3. The smallest absolute Gasteiger partial charge is 0.325 e. The first-order valence-electron chi connectivity index (χ1n) is 5.02. The normalized spacial score (nSPS) is 11.6. The molecule has 1 unspecified atom stereocenters. The molecule has 0 saturated carbocycles. The first-order chi connectivity index (χ1) is 7.69. The second-order valence-electron chi connectivity index (χ2n) is 3.44. The topological polar surface area (TPSA) is 46.6 Å². The zero-order valence-corrected chi connectivity index (χ0v) is 9.42. The molecular formula is C12H15NO3. The van der Waals surface area contributed by atoms with Crippen molar-refractivity contribution in [3.63, 3.8) is 0 Å². The van der Waals surface area contributed by atoms with Gasteiger partial charge in [-0.15, -0.1) is 0 Å². The third kappa shape index (κ3) is 3.08. The summed E-state index contributed by atoms with van der Waals surface area (Å²) in [5, 5.41) is 0. The molecule has 0 aliphatic rings. The van der Waals surface area contributed by atoms with Gasteiger partial charge in [-0.25, -0.2) is 0 Å². The van der Waals surface area contributed by atoms with Crippen LogP contribution in [0.2, 0.25) is 0 Å². The first-order valence-corrected chi connectivity index (χ1v) is 5.02. The SMILES string of the molecule is COC(=O)CN(C=O)C(C)c1ccccc1. The van der Waals surface area contributed by atoms with Gasteiger partial charge in [-0.05, 0) is 12.5 Å². The van der Waals surface area contributed by atoms with Crippen LogP contribution in [0.5, 0.6) is 0 Å². The Morgan fingerprint density at radius 3 is 2.56 bits per heavy atom. The molecule has 0 saturated heterocycles. The molecule has 0 spiro atoms. The number of carbonyl (C=O) groups is 2. The van der Waals surface area contributed by atoms with Gasteiger partial charge in [-0.3, -0.25) is 9.59 Å². The van der Waals surface area contributed by atoms with Crippen LogP contribution in [0, 0.1) is 0 Å². The molecule has 0 bridgehead atoms. The van der Waals surface area contributed by atoms with Gasteiger partial charge in [-0.2, -0.15) is 0 Å². The fourth-order valence-electron chi connectivity index (χ4n) is 1.40. The Labute approximate surface area is 94.8 Å². The van der Waals surface area contributed by atoms with E-state index in [9.17, 15) is 9.59 Å². The van der Waals surface area contributed by atoms with Gasteiger partial charge in [0.05, 0.1) is 13.2 Å². The Morgan fingerprint density at radius 2 is 2.06 bits per heavy atom. The number of esters is 1. The van der Waals surface area contributed by atoms with Crippen LogP contribution >= 0.6 is 0 Å². The lowest BCUT2D eigenvalue weighted by Gasteiger charge is -2.24. The van der Waals surface area contributed by atoms with Crippen LogP contribution in [0.15, 0.2) is 30.3 Å². The number of carbonyl (C=O) groups excluding carboxylic acids is 2. The molecule has 0 radical (unpaired) electrons. The summed E-state index contributed by atoms with van der Waals surface area (Å²) in [5.74, 6) is -0.421. The number of ether oxygens (including phenoxy) is 1. The minimum absolute atomic E-state index is 0.0317. The van der Waals surface area contributed by atoms with E-state index in [2.05, 4.69) is 4.74 Å². The molecular weight excluding hydrogens is 206 g/mol. The van der Waals surface area contributed by atoms with Crippen molar-refractivity contribution in [2.45, 2.75) is 13.0 Å². The second-order valence-corrected chi connectivity index (χ2v) is 3.44. The van der Waals surface area contributed by atoms with Crippen LogP contribution < -0.4 is 0 Å². The minimum Gasteiger partial charge on any atom is -0.468 e. The van der Waals surface area contributed by atoms with Gasteiger partial charge in [0.1, 0.15) is 6.54 Å². The molecule has 0 aromatic heterocycles. The second kappa shape index (κ2) is 5.90. The zero-order valence-electron chi connectivity index (χ0n) is 9.42. The summed E-state index contributed by atoms with van der Waals surface area (Å²) in [4.78, 5) is 23.4. The predicted molar refractivity (Wildman–Crippen MR) is 59.6 cm³/mol. The Bertz CT molecular complexity index is 351. The van der Waals surface area contributed by atoms with Gasteiger partial charge in [0.15, 0.2) is 0 Å². The monoisotopic (exact) mass is 221 g/mol. The fraction of sp³-hybridized carbons (Fsp3) is 0.333. The van der Waals surface area contributed by atoms with Gasteiger partial charge in [0.25, 0.3) is 0 Å². The Kier molecular flexibility index (Phi) is 4.51. The highest BCUT2D eigenvalue weighted by Gasteiger charge is 2.16. The molecule has 86 valence electrons. The average molecular weight is 221 g/mol. The number of hydrogen-bond donors (Lipinski definition) is 0. The number of benzene rings is 1. The number of hydrogen-bond acceptors (Lipinski definition) is 3. The molecule has 1 amide bonds. The van der Waals surface area contributed by atoms with Crippen LogP contribution in [-0.2, 0) is 14.3 Å². The van der Waals surface area contributed by atoms with Crippen molar-refractivity contribution in [1.82, 2.24) is 4.90 Å². The van der Waals surface area contributed by atoms with Crippen molar-refractivity contribution in [3.8, 4) is 0 Å². The Morgan fingerprint density at radius 1 is 1.44 bits per heavy atom. The predicted octanol–water partition coefficient (Wildman–Crippen LogP) is 1.38. The van der Waals surface area contributed by atoms with E-state index in [0.29, 0.717) is 6.41 Å². The first kappa shape index (κ1) is 12.2. The fourth-order valence-corrected chi connectivity index (χ4v) is 1.40. The highest BCUT2D eigenvalue weighted by molar-refractivity contribution is 5.74. The van der Waals surface area contributed by atoms with E-state index in [-0.39, 0.29) is 12.6 Å². The van der Waals surface area contributed by atoms with Crippen LogP contribution in [0.25, 0.3) is 0 Å². The molecule has 0 N–H and O–H groups in total. The van der Waals surface area contributed by atoms with E-state index in [1.807, 2.05) is 37.3 Å². The molecule has 4 heteroatoms. The molecule has 4 nitrogen and oxygen atoms in total. The van der Waals surface area contributed by atoms with Gasteiger partial charge in [-0.1, -0.05) is 30.3 Å². The number of amides is 1. The quantitative estimate of drug-likeness (QED) is 0.557. The van der Waals surface area contributed by atoms with Crippen LogP contribution in [0.4, 0.5) is 0 Å². The lowest BCUT2D eigenvalue weighted by molar-refractivity contribution is -0.145. The molecule has 1 aromatic carbocycles. The molecule has 0 aliphatic heterocycles. The van der Waals surface area contributed by atoms with Crippen LogP contribution in [-0.4, -0.2) is 30.9 Å².